The molecule has 0 fully saturated rings. The van der Waals surface area contributed by atoms with E-state index in [1.807, 2.05) is 0 Å². The van der Waals surface area contributed by atoms with E-state index in [9.17, 15) is 60.7 Å². The van der Waals surface area contributed by atoms with Crippen LogP contribution in [-0.2, 0) is 41.8 Å². The Morgan fingerprint density at radius 2 is 1.09 bits per heavy atom. The van der Waals surface area contributed by atoms with Crippen LogP contribution in [0.1, 0.15) is 0 Å². The maximum atomic E-state index is 12.3. The van der Waals surface area contributed by atoms with Crippen LogP contribution in [0.3, 0.4) is 0 Å². The lowest BCUT2D eigenvalue weighted by atomic mass is 10.7. The summed E-state index contributed by atoms with van der Waals surface area (Å²) >= 11 is -8.13. The van der Waals surface area contributed by atoms with Crippen LogP contribution in [0.15, 0.2) is 10.3 Å². The van der Waals surface area contributed by atoms with E-state index in [1.54, 1.807) is 0 Å². The number of hydrogen-bond acceptors (Lipinski definition) is 8. The highest BCUT2D eigenvalue weighted by molar-refractivity contribution is 8.14. The molecule has 0 aromatic rings. The molecule has 0 radical (unpaired) electrons. The SMILES string of the molecule is O=S([O-])C(=C[C-](S(=O)(=O)C(F)(F)F)S(=O)(=O)C(F)(F)F)S(=O)[O-]. The summed E-state index contributed by atoms with van der Waals surface area (Å²) < 4.78 is 153. The topological polar surface area (TPSA) is 149 Å². The Morgan fingerprint density at radius 3 is 1.26 bits per heavy atom. The maximum absolute atomic E-state index is 12.3. The summed E-state index contributed by atoms with van der Waals surface area (Å²) in [5, 5.41) is 0. The first-order chi connectivity index (χ1) is 9.87. The van der Waals surface area contributed by atoms with Gasteiger partial charge in [0.15, 0.2) is 0 Å². The van der Waals surface area contributed by atoms with Crippen LogP contribution >= 0.6 is 0 Å². The molecule has 2 atom stereocenters. The molecule has 0 heterocycles. The molecule has 18 heteroatoms. The molecule has 0 spiro atoms. The first-order valence-corrected chi connectivity index (χ1v) is 9.39. The van der Waals surface area contributed by atoms with E-state index in [2.05, 4.69) is 0 Å². The van der Waals surface area contributed by atoms with Gasteiger partial charge in [-0.05, 0) is 0 Å². The first-order valence-electron chi connectivity index (χ1n) is 4.27. The molecule has 0 amide bonds. The minimum Gasteiger partial charge on any atom is -0.783 e. The Kier molecular flexibility index (Phi) is 6.47. The van der Waals surface area contributed by atoms with Crippen LogP contribution in [-0.4, -0.2) is 45.4 Å². The summed E-state index contributed by atoms with van der Waals surface area (Å²) in [4.78, 5) is 0. The molecule has 0 bridgehead atoms. The molecule has 23 heavy (non-hydrogen) atoms. The van der Waals surface area contributed by atoms with Gasteiger partial charge in [0.2, 0.25) is 19.7 Å². The van der Waals surface area contributed by atoms with Crippen molar-refractivity contribution in [3.63, 3.8) is 0 Å². The fourth-order valence-electron chi connectivity index (χ4n) is 0.776. The zero-order valence-corrected chi connectivity index (χ0v) is 13.0. The second kappa shape index (κ2) is 6.67. The number of halogens is 6. The standard InChI is InChI=1S/C5H3F6O8S4/c6-4(7,8)22(16,17)3(23(18,19)5(9,10)11)1-2(20(12)13)21(14)15/h1H,(H,12,13)(H,14,15)/q-1/p-2. The number of sulfone groups is 2. The third-order valence-corrected chi connectivity index (χ3v) is 7.24. The van der Waals surface area contributed by atoms with E-state index >= 15 is 0 Å². The second-order valence-corrected chi connectivity index (χ2v) is 9.30. The number of rotatable bonds is 5. The van der Waals surface area contributed by atoms with Gasteiger partial charge in [-0.1, -0.05) is 4.24 Å². The van der Waals surface area contributed by atoms with Gasteiger partial charge in [-0.15, -0.1) is 22.2 Å². The van der Waals surface area contributed by atoms with Crippen LogP contribution < -0.4 is 0 Å². The third-order valence-electron chi connectivity index (χ3n) is 1.70. The van der Waals surface area contributed by atoms with E-state index < -0.39 is 67.7 Å². The van der Waals surface area contributed by atoms with Crippen molar-refractivity contribution in [2.75, 3.05) is 0 Å². The summed E-state index contributed by atoms with van der Waals surface area (Å²) in [6, 6.07) is 0. The van der Waals surface area contributed by atoms with Crippen molar-refractivity contribution >= 4 is 41.8 Å². The Balaban J connectivity index is 6.82. The van der Waals surface area contributed by atoms with E-state index in [4.69, 9.17) is 0 Å². The molecule has 0 rings (SSSR count). The lowest BCUT2D eigenvalue weighted by molar-refractivity contribution is -0.0452. The predicted octanol–water partition coefficient (Wildman–Crippen LogP) is -0.0553. The molecule has 8 nitrogen and oxygen atoms in total. The molecule has 0 aromatic carbocycles. The zero-order valence-electron chi connectivity index (χ0n) is 9.74. The Morgan fingerprint density at radius 1 is 0.826 bits per heavy atom. The van der Waals surface area contributed by atoms with Crippen molar-refractivity contribution in [1.82, 2.24) is 0 Å². The van der Waals surface area contributed by atoms with E-state index in [0.29, 0.717) is 0 Å². The van der Waals surface area contributed by atoms with E-state index in [1.165, 1.54) is 0 Å². The van der Waals surface area contributed by atoms with Crippen LogP contribution in [0.25, 0.3) is 0 Å². The van der Waals surface area contributed by atoms with Gasteiger partial charge >= 0.3 is 11.0 Å². The molecule has 0 saturated heterocycles. The lowest BCUT2D eigenvalue weighted by Gasteiger charge is -2.28. The highest BCUT2D eigenvalue weighted by atomic mass is 32.3. The van der Waals surface area contributed by atoms with Gasteiger partial charge in [0.1, 0.15) is 0 Å². The van der Waals surface area contributed by atoms with Crippen molar-refractivity contribution in [3.05, 3.63) is 14.9 Å². The monoisotopic (exact) mass is 431 g/mol. The molecular formula is C5HF6O8S4-3. The molecule has 0 N–H and O–H groups in total. The summed E-state index contributed by atoms with van der Waals surface area (Å²) in [5.74, 6) is 0. The molecular weight excluding hydrogens is 430 g/mol. The number of hydrogen-bond donors (Lipinski definition) is 0. The van der Waals surface area contributed by atoms with Crippen LogP contribution in [0.4, 0.5) is 26.3 Å². The average molecular weight is 431 g/mol. The summed E-state index contributed by atoms with van der Waals surface area (Å²) in [6.45, 7) is 0. The van der Waals surface area contributed by atoms with Crippen molar-refractivity contribution < 1.29 is 60.7 Å². The van der Waals surface area contributed by atoms with Crippen LogP contribution in [0.2, 0.25) is 0 Å². The van der Waals surface area contributed by atoms with Gasteiger partial charge in [-0.25, -0.2) is 16.8 Å². The minimum absolute atomic E-state index is 1.27. The van der Waals surface area contributed by atoms with Crippen LogP contribution in [0.5, 0.6) is 0 Å². The van der Waals surface area contributed by atoms with Crippen molar-refractivity contribution in [1.29, 1.82) is 0 Å². The average Bonchev–Trinajstić information content (AvgIpc) is 2.24. The summed E-state index contributed by atoms with van der Waals surface area (Å²) in [7, 11) is -14.5. The summed E-state index contributed by atoms with van der Waals surface area (Å²) in [6.07, 6.45) is -1.27. The Labute approximate surface area is 129 Å². The minimum atomic E-state index is -7.26. The molecule has 0 aromatic heterocycles. The van der Waals surface area contributed by atoms with Gasteiger partial charge in [0.25, 0.3) is 0 Å². The first kappa shape index (κ1) is 22.3. The fraction of sp³-hybridized carbons (Fsp3) is 0.400. The van der Waals surface area contributed by atoms with Gasteiger partial charge in [-0.3, -0.25) is 8.42 Å². The van der Waals surface area contributed by atoms with Gasteiger partial charge < -0.3 is 9.11 Å². The predicted molar refractivity (Wildman–Crippen MR) is 59.1 cm³/mol. The van der Waals surface area contributed by atoms with Gasteiger partial charge in [0, 0.05) is 4.58 Å². The molecule has 0 aliphatic heterocycles. The maximum Gasteiger partial charge on any atom is 0.486 e. The number of alkyl halides is 6. The van der Waals surface area contributed by atoms with Crippen molar-refractivity contribution in [2.45, 2.75) is 11.0 Å². The van der Waals surface area contributed by atoms with Gasteiger partial charge in [0.05, 0.1) is 0 Å². The molecule has 0 saturated carbocycles. The van der Waals surface area contributed by atoms with Gasteiger partial charge in [-0.2, -0.15) is 32.4 Å². The second-order valence-electron chi connectivity index (χ2n) is 3.15. The highest BCUT2D eigenvalue weighted by Crippen LogP contribution is 2.42. The normalized spacial score (nSPS) is 16.5. The molecule has 0 aliphatic rings. The highest BCUT2D eigenvalue weighted by Gasteiger charge is 2.57. The van der Waals surface area contributed by atoms with Crippen molar-refractivity contribution in [3.8, 4) is 0 Å². The fourth-order valence-corrected chi connectivity index (χ4v) is 4.67. The molecule has 138 valence electrons. The van der Waals surface area contributed by atoms with Crippen molar-refractivity contribution in [2.24, 2.45) is 0 Å². The van der Waals surface area contributed by atoms with E-state index in [0.717, 1.165) is 0 Å². The van der Waals surface area contributed by atoms with E-state index in [-0.39, 0.29) is 0 Å². The zero-order chi connectivity index (χ0) is 19.0. The largest absolute Gasteiger partial charge is 0.783 e. The van der Waals surface area contributed by atoms with Crippen LogP contribution in [0, 0.1) is 4.58 Å². The Hall–Kier alpha value is -0.690. The smallest absolute Gasteiger partial charge is 0.486 e. The molecule has 2 unspecified atom stereocenters. The molecule has 0 aliphatic carbocycles. The summed E-state index contributed by atoms with van der Waals surface area (Å²) in [5.41, 5.74) is -13.2. The quantitative estimate of drug-likeness (QED) is 0.334. The third kappa shape index (κ3) is 4.66. The lowest BCUT2D eigenvalue weighted by Crippen LogP contribution is -2.38. The Bertz CT molecular complexity index is 683.